The van der Waals surface area contributed by atoms with E-state index in [1.54, 1.807) is 24.3 Å². The van der Waals surface area contributed by atoms with Gasteiger partial charge in [-0.1, -0.05) is 23.2 Å². The molecule has 5 heteroatoms. The second-order valence-electron chi connectivity index (χ2n) is 5.10. The van der Waals surface area contributed by atoms with Crippen LogP contribution in [0.2, 0.25) is 5.02 Å². The van der Waals surface area contributed by atoms with Gasteiger partial charge in [-0.05, 0) is 37.3 Å². The number of rotatable bonds is 3. The number of nitrogens with one attached hydrogen (secondary N) is 1. The highest BCUT2D eigenvalue weighted by Gasteiger charge is 2.13. The number of benzene rings is 2. The van der Waals surface area contributed by atoms with Crippen LogP contribution in [0.5, 0.6) is 0 Å². The van der Waals surface area contributed by atoms with Crippen molar-refractivity contribution in [2.45, 2.75) is 6.92 Å². The first kappa shape index (κ1) is 15.2. The Morgan fingerprint density at radius 2 is 1.90 bits per heavy atom. The standard InChI is InChI=1S/C16H18ClN3O/c1-10-4-6-13(18)12(8-10)16(21)19-14-9-11(17)5-7-15(14)20(2)3/h4-9H,18H2,1-3H3,(H,19,21). The monoisotopic (exact) mass is 303 g/mol. The lowest BCUT2D eigenvalue weighted by Gasteiger charge is -2.18. The summed E-state index contributed by atoms with van der Waals surface area (Å²) in [5, 5.41) is 3.44. The molecule has 0 heterocycles. The van der Waals surface area contributed by atoms with Gasteiger partial charge in [-0.15, -0.1) is 0 Å². The second kappa shape index (κ2) is 6.06. The topological polar surface area (TPSA) is 58.4 Å². The molecule has 0 atom stereocenters. The summed E-state index contributed by atoms with van der Waals surface area (Å²) in [6.45, 7) is 1.92. The molecular weight excluding hydrogens is 286 g/mol. The molecule has 0 saturated heterocycles. The molecule has 0 aliphatic carbocycles. The van der Waals surface area contributed by atoms with E-state index in [0.717, 1.165) is 11.3 Å². The number of nitrogens with two attached hydrogens (primary N) is 1. The van der Waals surface area contributed by atoms with Gasteiger partial charge in [0.05, 0.1) is 16.9 Å². The predicted molar refractivity (Wildman–Crippen MR) is 89.3 cm³/mol. The highest BCUT2D eigenvalue weighted by atomic mass is 35.5. The van der Waals surface area contributed by atoms with E-state index in [0.29, 0.717) is 22.0 Å². The zero-order chi connectivity index (χ0) is 15.6. The molecule has 0 radical (unpaired) electrons. The third kappa shape index (κ3) is 3.47. The summed E-state index contributed by atoms with van der Waals surface area (Å²) in [5.41, 5.74) is 9.29. The van der Waals surface area contributed by atoms with Gasteiger partial charge in [0.15, 0.2) is 0 Å². The first-order valence-electron chi connectivity index (χ1n) is 6.53. The number of hydrogen-bond acceptors (Lipinski definition) is 3. The minimum Gasteiger partial charge on any atom is -0.398 e. The quantitative estimate of drug-likeness (QED) is 0.853. The maximum Gasteiger partial charge on any atom is 0.257 e. The highest BCUT2D eigenvalue weighted by molar-refractivity contribution is 6.31. The fraction of sp³-hybridized carbons (Fsp3) is 0.188. The van der Waals surface area contributed by atoms with E-state index in [9.17, 15) is 4.79 Å². The highest BCUT2D eigenvalue weighted by Crippen LogP contribution is 2.28. The van der Waals surface area contributed by atoms with E-state index in [1.165, 1.54) is 0 Å². The Balaban J connectivity index is 2.35. The number of aryl methyl sites for hydroxylation is 1. The molecule has 0 unspecified atom stereocenters. The van der Waals surface area contributed by atoms with Crippen molar-refractivity contribution in [2.24, 2.45) is 0 Å². The van der Waals surface area contributed by atoms with Gasteiger partial charge in [0.2, 0.25) is 0 Å². The van der Waals surface area contributed by atoms with Crippen molar-refractivity contribution in [2.75, 3.05) is 30.0 Å². The summed E-state index contributed by atoms with van der Waals surface area (Å²) in [7, 11) is 3.81. The molecule has 2 aromatic rings. The number of halogens is 1. The Labute approximate surface area is 129 Å². The summed E-state index contributed by atoms with van der Waals surface area (Å²) >= 11 is 6.01. The summed E-state index contributed by atoms with van der Waals surface area (Å²) < 4.78 is 0. The molecule has 1 amide bonds. The van der Waals surface area contributed by atoms with Crippen molar-refractivity contribution >= 4 is 34.6 Å². The number of carbonyl (C=O) groups excluding carboxylic acids is 1. The second-order valence-corrected chi connectivity index (χ2v) is 5.54. The van der Waals surface area contributed by atoms with Gasteiger partial charge >= 0.3 is 0 Å². The first-order chi connectivity index (χ1) is 9.88. The van der Waals surface area contributed by atoms with Crippen LogP contribution in [0.25, 0.3) is 0 Å². The molecule has 3 N–H and O–H groups in total. The largest absolute Gasteiger partial charge is 0.398 e. The molecule has 2 rings (SSSR count). The Kier molecular flexibility index (Phi) is 4.38. The van der Waals surface area contributed by atoms with Crippen LogP contribution in [-0.4, -0.2) is 20.0 Å². The third-order valence-corrected chi connectivity index (χ3v) is 3.38. The van der Waals surface area contributed by atoms with E-state index in [4.69, 9.17) is 17.3 Å². The SMILES string of the molecule is Cc1ccc(N)c(C(=O)Nc2cc(Cl)ccc2N(C)C)c1. The van der Waals surface area contributed by atoms with Crippen LogP contribution in [0, 0.1) is 6.92 Å². The molecule has 0 fully saturated rings. The van der Waals surface area contributed by atoms with Crippen molar-refractivity contribution < 1.29 is 4.79 Å². The van der Waals surface area contributed by atoms with Crippen molar-refractivity contribution in [3.63, 3.8) is 0 Å². The Hall–Kier alpha value is -2.20. The van der Waals surface area contributed by atoms with E-state index in [-0.39, 0.29) is 5.91 Å². The van der Waals surface area contributed by atoms with Gasteiger partial charge in [0, 0.05) is 24.8 Å². The minimum atomic E-state index is -0.249. The summed E-state index contributed by atoms with van der Waals surface area (Å²) in [5.74, 6) is -0.249. The van der Waals surface area contributed by atoms with E-state index < -0.39 is 0 Å². The molecule has 0 spiro atoms. The van der Waals surface area contributed by atoms with E-state index in [2.05, 4.69) is 5.32 Å². The van der Waals surface area contributed by atoms with E-state index >= 15 is 0 Å². The van der Waals surface area contributed by atoms with Crippen LogP contribution < -0.4 is 16.0 Å². The zero-order valence-electron chi connectivity index (χ0n) is 12.3. The Morgan fingerprint density at radius 3 is 2.57 bits per heavy atom. The molecule has 0 bridgehead atoms. The number of carbonyl (C=O) groups is 1. The first-order valence-corrected chi connectivity index (χ1v) is 6.90. The van der Waals surface area contributed by atoms with Gasteiger partial charge in [0.25, 0.3) is 5.91 Å². The van der Waals surface area contributed by atoms with Crippen molar-refractivity contribution in [1.82, 2.24) is 0 Å². The fourth-order valence-corrected chi connectivity index (χ4v) is 2.23. The van der Waals surface area contributed by atoms with Gasteiger partial charge in [0.1, 0.15) is 0 Å². The molecule has 4 nitrogen and oxygen atoms in total. The molecule has 0 aliphatic rings. The lowest BCUT2D eigenvalue weighted by Crippen LogP contribution is -2.18. The zero-order valence-corrected chi connectivity index (χ0v) is 13.0. The average Bonchev–Trinajstić information content (AvgIpc) is 2.41. The van der Waals surface area contributed by atoms with Crippen molar-refractivity contribution in [3.05, 3.63) is 52.5 Å². The maximum absolute atomic E-state index is 12.4. The van der Waals surface area contributed by atoms with Crippen LogP contribution in [0.1, 0.15) is 15.9 Å². The number of anilines is 3. The lowest BCUT2D eigenvalue weighted by atomic mass is 10.1. The van der Waals surface area contributed by atoms with Gasteiger partial charge < -0.3 is 16.0 Å². The van der Waals surface area contributed by atoms with Crippen LogP contribution in [0.15, 0.2) is 36.4 Å². The van der Waals surface area contributed by atoms with Gasteiger partial charge in [-0.25, -0.2) is 0 Å². The molecule has 21 heavy (non-hydrogen) atoms. The Morgan fingerprint density at radius 1 is 1.19 bits per heavy atom. The smallest absolute Gasteiger partial charge is 0.257 e. The van der Waals surface area contributed by atoms with Crippen LogP contribution in [-0.2, 0) is 0 Å². The summed E-state index contributed by atoms with van der Waals surface area (Å²) in [6.07, 6.45) is 0. The summed E-state index contributed by atoms with van der Waals surface area (Å²) in [6, 6.07) is 10.7. The maximum atomic E-state index is 12.4. The number of nitrogens with zero attached hydrogens (tertiary/aromatic N) is 1. The van der Waals surface area contributed by atoms with Gasteiger partial charge in [-0.3, -0.25) is 4.79 Å². The molecular formula is C16H18ClN3O. The Bertz CT molecular complexity index is 683. The molecule has 110 valence electrons. The third-order valence-electron chi connectivity index (χ3n) is 3.14. The minimum absolute atomic E-state index is 0.249. The fourth-order valence-electron chi connectivity index (χ4n) is 2.05. The van der Waals surface area contributed by atoms with Crippen LogP contribution >= 0.6 is 11.6 Å². The van der Waals surface area contributed by atoms with Gasteiger partial charge in [-0.2, -0.15) is 0 Å². The summed E-state index contributed by atoms with van der Waals surface area (Å²) in [4.78, 5) is 14.3. The number of nitrogen functional groups attached to an aromatic ring is 1. The lowest BCUT2D eigenvalue weighted by molar-refractivity contribution is 0.102. The average molecular weight is 304 g/mol. The molecule has 0 aliphatic heterocycles. The normalized spacial score (nSPS) is 10.3. The molecule has 0 saturated carbocycles. The molecule has 2 aromatic carbocycles. The van der Waals surface area contributed by atoms with Crippen molar-refractivity contribution in [1.29, 1.82) is 0 Å². The van der Waals surface area contributed by atoms with E-state index in [1.807, 2.05) is 38.1 Å². The van der Waals surface area contributed by atoms with Crippen LogP contribution in [0.3, 0.4) is 0 Å². The number of amides is 1. The van der Waals surface area contributed by atoms with Crippen molar-refractivity contribution in [3.8, 4) is 0 Å². The number of hydrogen-bond donors (Lipinski definition) is 2. The molecule has 0 aromatic heterocycles. The predicted octanol–water partition coefficient (Wildman–Crippen LogP) is 3.55. The van der Waals surface area contributed by atoms with Crippen LogP contribution in [0.4, 0.5) is 17.1 Å².